The Morgan fingerprint density at radius 2 is 1.50 bits per heavy atom. The molecule has 0 fully saturated rings. The molecule has 0 aliphatic carbocycles. The van der Waals surface area contributed by atoms with E-state index in [9.17, 15) is 4.79 Å². The number of para-hydroxylation sites is 1. The molecule has 0 aliphatic heterocycles. The third kappa shape index (κ3) is 13.0. The summed E-state index contributed by atoms with van der Waals surface area (Å²) in [7, 11) is -4.64. The predicted octanol–water partition coefficient (Wildman–Crippen LogP) is 2.41. The van der Waals surface area contributed by atoms with Gasteiger partial charge in [0.2, 0.25) is 5.91 Å². The van der Waals surface area contributed by atoms with Crippen LogP contribution in [0.4, 0.5) is 5.69 Å². The van der Waals surface area contributed by atoms with Crippen LogP contribution in [-0.2, 0) is 9.36 Å². The number of carbonyl (C=O) groups is 1. The Bertz CT molecular complexity index is 610. The fourth-order valence-corrected chi connectivity index (χ4v) is 2.86. The molecule has 0 bridgehead atoms. The Labute approximate surface area is 168 Å². The van der Waals surface area contributed by atoms with Crippen molar-refractivity contribution >= 4 is 19.4 Å². The van der Waals surface area contributed by atoms with Gasteiger partial charge in [-0.05, 0) is 52.7 Å². The first kappa shape index (κ1) is 26.7. The Hall–Kier alpha value is -1.28. The molecule has 9 heteroatoms. The van der Waals surface area contributed by atoms with E-state index in [2.05, 4.69) is 43.2 Å². The van der Waals surface area contributed by atoms with Crippen molar-refractivity contribution in [3.63, 3.8) is 0 Å². The van der Waals surface area contributed by atoms with Crippen LogP contribution < -0.4 is 10.6 Å². The predicted molar refractivity (Wildman–Crippen MR) is 113 cm³/mol. The third-order valence-electron chi connectivity index (χ3n) is 4.15. The lowest BCUT2D eigenvalue weighted by molar-refractivity contribution is -0.116. The van der Waals surface area contributed by atoms with Gasteiger partial charge in [0.15, 0.2) is 0 Å². The fraction of sp³-hybridized carbons (Fsp3) is 0.632. The van der Waals surface area contributed by atoms with Gasteiger partial charge in [-0.15, -0.1) is 0 Å². The maximum atomic E-state index is 12.1. The van der Waals surface area contributed by atoms with E-state index in [0.29, 0.717) is 25.0 Å². The Morgan fingerprint density at radius 1 is 1.04 bits per heavy atom. The zero-order valence-electron chi connectivity index (χ0n) is 17.8. The maximum absolute atomic E-state index is 12.1. The van der Waals surface area contributed by atoms with E-state index in [1.807, 2.05) is 32.0 Å². The molecule has 0 aromatic heterocycles. The highest BCUT2D eigenvalue weighted by molar-refractivity contribution is 7.45. The van der Waals surface area contributed by atoms with Gasteiger partial charge in [0.25, 0.3) is 0 Å². The highest BCUT2D eigenvalue weighted by Gasteiger charge is 2.12. The number of rotatable bonds is 9. The van der Waals surface area contributed by atoms with E-state index in [1.54, 1.807) is 0 Å². The van der Waals surface area contributed by atoms with Gasteiger partial charge in [-0.25, -0.2) is 4.57 Å². The van der Waals surface area contributed by atoms with E-state index in [1.165, 1.54) is 0 Å². The summed E-state index contributed by atoms with van der Waals surface area (Å²) in [5, 5.41) is 6.39. The van der Waals surface area contributed by atoms with Gasteiger partial charge in [0.05, 0.1) is 0 Å². The molecule has 0 spiro atoms. The monoisotopic (exact) mass is 417 g/mol. The van der Waals surface area contributed by atoms with Crippen molar-refractivity contribution in [1.29, 1.82) is 0 Å². The van der Waals surface area contributed by atoms with Crippen LogP contribution in [0.25, 0.3) is 0 Å². The van der Waals surface area contributed by atoms with Crippen LogP contribution in [-0.4, -0.2) is 57.2 Å². The normalized spacial score (nSPS) is 11.6. The molecular formula is C19H36N3O5P. The number of hydrogen-bond donors (Lipinski definition) is 5. The Morgan fingerprint density at radius 3 is 1.93 bits per heavy atom. The zero-order chi connectivity index (χ0) is 21.9. The van der Waals surface area contributed by atoms with Gasteiger partial charge < -0.3 is 25.3 Å². The second-order valence-electron chi connectivity index (χ2n) is 7.25. The van der Waals surface area contributed by atoms with Gasteiger partial charge in [-0.3, -0.25) is 9.69 Å². The summed E-state index contributed by atoms with van der Waals surface area (Å²) in [6.07, 6.45) is 0.497. The summed E-state index contributed by atoms with van der Waals surface area (Å²) < 4.78 is 8.88. The first-order valence-electron chi connectivity index (χ1n) is 9.43. The third-order valence-corrected chi connectivity index (χ3v) is 4.15. The van der Waals surface area contributed by atoms with Gasteiger partial charge in [-0.2, -0.15) is 0 Å². The number of nitrogens with zero attached hydrogens (tertiary/aromatic N) is 1. The first-order valence-corrected chi connectivity index (χ1v) is 11.0. The van der Waals surface area contributed by atoms with Crippen LogP contribution in [0.1, 0.15) is 45.2 Å². The average Bonchev–Trinajstić information content (AvgIpc) is 2.52. The van der Waals surface area contributed by atoms with Crippen LogP contribution in [0.2, 0.25) is 0 Å². The fourth-order valence-electron chi connectivity index (χ4n) is 2.86. The minimum atomic E-state index is -4.64. The molecule has 0 radical (unpaired) electrons. The number of nitrogens with one attached hydrogen (secondary N) is 2. The van der Waals surface area contributed by atoms with Crippen molar-refractivity contribution in [3.05, 3.63) is 29.3 Å². The second kappa shape index (κ2) is 13.0. The maximum Gasteiger partial charge on any atom is 0.466 e. The molecule has 1 aromatic carbocycles. The molecule has 0 atom stereocenters. The van der Waals surface area contributed by atoms with E-state index >= 15 is 0 Å². The van der Waals surface area contributed by atoms with Gasteiger partial charge >= 0.3 is 7.82 Å². The van der Waals surface area contributed by atoms with Gasteiger partial charge in [0.1, 0.15) is 0 Å². The lowest BCUT2D eigenvalue weighted by Gasteiger charge is -2.30. The lowest BCUT2D eigenvalue weighted by Crippen LogP contribution is -2.41. The number of carbonyl (C=O) groups excluding carboxylic acids is 1. The van der Waals surface area contributed by atoms with Crippen molar-refractivity contribution in [2.24, 2.45) is 0 Å². The quantitative estimate of drug-likeness (QED) is 0.309. The number of anilines is 1. The smallest absolute Gasteiger partial charge is 0.326 e. The van der Waals surface area contributed by atoms with Crippen LogP contribution in [0.15, 0.2) is 18.2 Å². The van der Waals surface area contributed by atoms with E-state index in [0.717, 1.165) is 29.9 Å². The molecule has 28 heavy (non-hydrogen) atoms. The number of hydrogen-bond acceptors (Lipinski definition) is 4. The largest absolute Gasteiger partial charge is 0.466 e. The summed E-state index contributed by atoms with van der Waals surface area (Å²) in [6, 6.07) is 7.14. The zero-order valence-corrected chi connectivity index (χ0v) is 18.7. The molecule has 1 rings (SSSR count). The molecule has 5 N–H and O–H groups in total. The van der Waals surface area contributed by atoms with Gasteiger partial charge in [-0.1, -0.05) is 18.2 Å². The molecular weight excluding hydrogens is 381 g/mol. The Balaban J connectivity index is 0.00000129. The van der Waals surface area contributed by atoms with E-state index < -0.39 is 7.82 Å². The van der Waals surface area contributed by atoms with Crippen molar-refractivity contribution < 1.29 is 24.0 Å². The highest BCUT2D eigenvalue weighted by atomic mass is 31.2. The van der Waals surface area contributed by atoms with E-state index in [-0.39, 0.29) is 5.91 Å². The molecule has 0 heterocycles. The summed E-state index contributed by atoms with van der Waals surface area (Å²) in [6.45, 7) is 15.5. The number of aryl methyl sites for hydroxylation is 2. The minimum Gasteiger partial charge on any atom is -0.326 e. The Kier molecular flexibility index (Phi) is 12.4. The molecule has 0 aliphatic rings. The van der Waals surface area contributed by atoms with Crippen molar-refractivity contribution in [2.45, 2.75) is 60.0 Å². The molecule has 0 saturated heterocycles. The molecule has 1 amide bonds. The lowest BCUT2D eigenvalue weighted by atomic mass is 10.1. The SMILES string of the molecule is Cc1cccc(C)c1NC(=O)CCNCCN(C(C)C)C(C)C.O=P(O)(O)O. The van der Waals surface area contributed by atoms with Crippen molar-refractivity contribution in [2.75, 3.05) is 25.0 Å². The summed E-state index contributed by atoms with van der Waals surface area (Å²) in [5.41, 5.74) is 3.16. The molecule has 0 saturated carbocycles. The molecule has 162 valence electrons. The second-order valence-corrected chi connectivity index (χ2v) is 8.28. The van der Waals surface area contributed by atoms with Crippen molar-refractivity contribution in [3.8, 4) is 0 Å². The first-order chi connectivity index (χ1) is 12.8. The van der Waals surface area contributed by atoms with Gasteiger partial charge in [0, 0.05) is 43.8 Å². The highest BCUT2D eigenvalue weighted by Crippen LogP contribution is 2.25. The summed E-state index contributed by atoms with van der Waals surface area (Å²) in [5.74, 6) is 0.0690. The van der Waals surface area contributed by atoms with E-state index in [4.69, 9.17) is 19.2 Å². The molecule has 0 unspecified atom stereocenters. The minimum absolute atomic E-state index is 0.0690. The van der Waals surface area contributed by atoms with Crippen molar-refractivity contribution in [1.82, 2.24) is 10.2 Å². The standard InChI is InChI=1S/C19H33N3O.H3O4P/c1-14(2)22(15(3)4)13-12-20-11-10-18(23)21-19-16(5)8-7-9-17(19)6;1-5(2,3)4/h7-9,14-15,20H,10-13H2,1-6H3,(H,21,23);(H3,1,2,3,4). The molecule has 8 nitrogen and oxygen atoms in total. The number of phosphoric acid groups is 1. The van der Waals surface area contributed by atoms with Crippen LogP contribution >= 0.6 is 7.82 Å². The topological polar surface area (TPSA) is 122 Å². The van der Waals surface area contributed by atoms with Crippen LogP contribution in [0.5, 0.6) is 0 Å². The number of amides is 1. The van der Waals surface area contributed by atoms with Crippen LogP contribution in [0.3, 0.4) is 0 Å². The van der Waals surface area contributed by atoms with Crippen LogP contribution in [0, 0.1) is 13.8 Å². The summed E-state index contributed by atoms with van der Waals surface area (Å²) >= 11 is 0. The average molecular weight is 417 g/mol. The molecule has 1 aromatic rings. The summed E-state index contributed by atoms with van der Waals surface area (Å²) in [4.78, 5) is 36.1. The number of benzene rings is 1.